The van der Waals surface area contributed by atoms with Gasteiger partial charge in [0.15, 0.2) is 0 Å². The molecule has 1 aromatic carbocycles. The first-order valence-electron chi connectivity index (χ1n) is 6.42. The molecule has 0 saturated heterocycles. The molecule has 1 aliphatic heterocycles. The molecule has 0 fully saturated rings. The summed E-state index contributed by atoms with van der Waals surface area (Å²) >= 11 is 0. The molecular weight excluding hydrogens is 238 g/mol. The number of hydrogen-bond acceptors (Lipinski definition) is 4. The molecule has 1 aromatic rings. The number of benzene rings is 1. The van der Waals surface area contributed by atoms with Gasteiger partial charge in [-0.1, -0.05) is 18.7 Å². The summed E-state index contributed by atoms with van der Waals surface area (Å²) in [5, 5.41) is 3.06. The fourth-order valence-electron chi connectivity index (χ4n) is 2.76. The lowest BCUT2D eigenvalue weighted by molar-refractivity contribution is -0.113. The Hall–Kier alpha value is -2.07. The minimum absolute atomic E-state index is 0.0374. The van der Waals surface area contributed by atoms with Gasteiger partial charge < -0.3 is 16.0 Å². The molecule has 0 spiro atoms. The number of Topliss-reactive ketones (excluding diaryl/α,β-unsaturated/α-hetero) is 1. The van der Waals surface area contributed by atoms with Crippen molar-refractivity contribution in [3.63, 3.8) is 0 Å². The number of rotatable bonds is 3. The van der Waals surface area contributed by atoms with Crippen LogP contribution in [0.25, 0.3) is 0 Å². The van der Waals surface area contributed by atoms with E-state index in [9.17, 15) is 4.79 Å². The highest BCUT2D eigenvalue weighted by Crippen LogP contribution is 2.38. The number of likely N-dealkylation sites (N-methyl/N-ethyl adjacent to an activating group) is 1. The maximum Gasteiger partial charge on any atom is 0.213 e. The fourth-order valence-corrected chi connectivity index (χ4v) is 2.76. The van der Waals surface area contributed by atoms with Crippen molar-refractivity contribution in [1.82, 2.24) is 5.32 Å². The van der Waals surface area contributed by atoms with E-state index in [-0.39, 0.29) is 5.78 Å². The Morgan fingerprint density at radius 1 is 1.47 bits per heavy atom. The smallest absolute Gasteiger partial charge is 0.213 e. The quantitative estimate of drug-likeness (QED) is 0.793. The highest BCUT2D eigenvalue weighted by Gasteiger charge is 2.38. The van der Waals surface area contributed by atoms with Crippen molar-refractivity contribution >= 4 is 11.5 Å². The first kappa shape index (κ1) is 12.0. The van der Waals surface area contributed by atoms with E-state index in [0.29, 0.717) is 12.1 Å². The highest BCUT2D eigenvalue weighted by molar-refractivity contribution is 6.21. The van der Waals surface area contributed by atoms with Gasteiger partial charge in [-0.05, 0) is 23.6 Å². The molecule has 0 radical (unpaired) electrons. The Kier molecular flexibility index (Phi) is 2.68. The number of fused-ring (bicyclic) bond motifs is 1. The second-order valence-electron chi connectivity index (χ2n) is 4.85. The summed E-state index contributed by atoms with van der Waals surface area (Å²) in [6.07, 6.45) is 0.959. The maximum atomic E-state index is 12.0. The number of carbonyl (C=O) groups excluding carboxylic acids is 1. The number of nitrogens with zero attached hydrogens (tertiary/aromatic N) is 1. The fraction of sp³-hybridized carbons (Fsp3) is 0.267. The van der Waals surface area contributed by atoms with Gasteiger partial charge in [0.25, 0.3) is 0 Å². The topological polar surface area (TPSA) is 58.4 Å². The second kappa shape index (κ2) is 4.24. The maximum absolute atomic E-state index is 12.0. The molecule has 2 aliphatic rings. The molecule has 3 rings (SSSR count). The van der Waals surface area contributed by atoms with Crippen molar-refractivity contribution in [2.45, 2.75) is 13.0 Å². The molecule has 0 unspecified atom stereocenters. The van der Waals surface area contributed by atoms with Crippen molar-refractivity contribution in [2.24, 2.45) is 5.73 Å². The van der Waals surface area contributed by atoms with E-state index < -0.39 is 0 Å². The second-order valence-corrected chi connectivity index (χ2v) is 4.85. The Morgan fingerprint density at radius 2 is 2.26 bits per heavy atom. The first-order chi connectivity index (χ1) is 9.17. The van der Waals surface area contributed by atoms with Crippen molar-refractivity contribution in [2.75, 3.05) is 18.5 Å². The highest BCUT2D eigenvalue weighted by atomic mass is 16.1. The van der Waals surface area contributed by atoms with Gasteiger partial charge in [0.1, 0.15) is 5.70 Å². The lowest BCUT2D eigenvalue weighted by atomic mass is 9.92. The van der Waals surface area contributed by atoms with Crippen LogP contribution in [0.15, 0.2) is 41.7 Å². The van der Waals surface area contributed by atoms with Crippen LogP contribution in [0.4, 0.5) is 5.69 Å². The van der Waals surface area contributed by atoms with Gasteiger partial charge in [-0.15, -0.1) is 0 Å². The number of carbonyl (C=O) groups is 1. The zero-order valence-electron chi connectivity index (χ0n) is 11.0. The van der Waals surface area contributed by atoms with Crippen molar-refractivity contribution in [3.05, 3.63) is 52.9 Å². The number of allylic oxidation sites excluding steroid dienone is 2. The summed E-state index contributed by atoms with van der Waals surface area (Å²) in [6.45, 7) is 5.14. The van der Waals surface area contributed by atoms with E-state index in [1.165, 1.54) is 5.56 Å². The van der Waals surface area contributed by atoms with Crippen LogP contribution >= 0.6 is 0 Å². The number of anilines is 1. The van der Waals surface area contributed by atoms with Gasteiger partial charge in [0.05, 0.1) is 5.70 Å². The molecule has 0 amide bonds. The van der Waals surface area contributed by atoms with Crippen molar-refractivity contribution < 1.29 is 4.79 Å². The normalized spacial score (nSPS) is 17.7. The zero-order chi connectivity index (χ0) is 13.6. The van der Waals surface area contributed by atoms with Crippen LogP contribution < -0.4 is 16.0 Å². The first-order valence-corrected chi connectivity index (χ1v) is 6.42. The van der Waals surface area contributed by atoms with Gasteiger partial charge in [-0.25, -0.2) is 0 Å². The Bertz CT molecular complexity index is 616. The lowest BCUT2D eigenvalue weighted by Gasteiger charge is -2.32. The third-order valence-electron chi connectivity index (χ3n) is 3.83. The summed E-state index contributed by atoms with van der Waals surface area (Å²) in [7, 11) is 1.82. The molecule has 4 nitrogen and oxygen atoms in total. The predicted octanol–water partition coefficient (Wildman–Crippen LogP) is 1.08. The molecular formula is C15H17N3O. The van der Waals surface area contributed by atoms with E-state index in [0.717, 1.165) is 35.6 Å². The number of ketones is 1. The van der Waals surface area contributed by atoms with Crippen molar-refractivity contribution in [1.29, 1.82) is 0 Å². The Labute approximate surface area is 112 Å². The molecule has 0 atom stereocenters. The third kappa shape index (κ3) is 1.60. The molecule has 98 valence electrons. The summed E-state index contributed by atoms with van der Waals surface area (Å²) in [4.78, 5) is 14.1. The van der Waals surface area contributed by atoms with Crippen LogP contribution in [0.1, 0.15) is 11.1 Å². The third-order valence-corrected chi connectivity index (χ3v) is 3.83. The summed E-state index contributed by atoms with van der Waals surface area (Å²) in [5.74, 6) is 0.0374. The molecule has 19 heavy (non-hydrogen) atoms. The SMILES string of the molecule is C=C1C(=O)C(N2CCc3ccc(CN)cc32)=C1NC. The molecule has 0 bridgehead atoms. The minimum atomic E-state index is 0.0374. The lowest BCUT2D eigenvalue weighted by Crippen LogP contribution is -2.39. The van der Waals surface area contributed by atoms with Gasteiger partial charge in [-0.2, -0.15) is 0 Å². The summed E-state index contributed by atoms with van der Waals surface area (Å²) in [5.41, 5.74) is 11.3. The van der Waals surface area contributed by atoms with E-state index >= 15 is 0 Å². The van der Waals surface area contributed by atoms with Crippen LogP contribution in [0, 0.1) is 0 Å². The summed E-state index contributed by atoms with van der Waals surface area (Å²) in [6, 6.07) is 6.24. The van der Waals surface area contributed by atoms with E-state index in [4.69, 9.17) is 5.73 Å². The average molecular weight is 255 g/mol. The van der Waals surface area contributed by atoms with Gasteiger partial charge in [0.2, 0.25) is 5.78 Å². The van der Waals surface area contributed by atoms with E-state index in [2.05, 4.69) is 35.0 Å². The van der Waals surface area contributed by atoms with Crippen LogP contribution in [0.3, 0.4) is 0 Å². The predicted molar refractivity (Wildman–Crippen MR) is 75.6 cm³/mol. The van der Waals surface area contributed by atoms with Gasteiger partial charge in [-0.3, -0.25) is 4.79 Å². The number of nitrogens with one attached hydrogen (secondary N) is 1. The molecule has 0 saturated carbocycles. The van der Waals surface area contributed by atoms with Crippen molar-refractivity contribution in [3.8, 4) is 0 Å². The van der Waals surface area contributed by atoms with Gasteiger partial charge in [0, 0.05) is 31.4 Å². The van der Waals surface area contributed by atoms with Crippen LogP contribution in [0.2, 0.25) is 0 Å². The molecule has 0 aromatic heterocycles. The monoisotopic (exact) mass is 255 g/mol. The number of nitrogens with two attached hydrogens (primary N) is 1. The molecule has 4 heteroatoms. The van der Waals surface area contributed by atoms with Crippen LogP contribution in [-0.4, -0.2) is 19.4 Å². The standard InChI is InChI=1S/C15H17N3O/c1-9-13(17-2)14(15(9)19)18-6-5-11-4-3-10(8-16)7-12(11)18/h3-4,7,17H,1,5-6,8,16H2,2H3. The van der Waals surface area contributed by atoms with Crippen LogP contribution in [-0.2, 0) is 17.8 Å². The molecule has 1 heterocycles. The average Bonchev–Trinajstić information content (AvgIpc) is 2.85. The number of hydrogen-bond donors (Lipinski definition) is 2. The van der Waals surface area contributed by atoms with Gasteiger partial charge >= 0.3 is 0 Å². The van der Waals surface area contributed by atoms with E-state index in [1.807, 2.05) is 7.05 Å². The molecule has 1 aliphatic carbocycles. The minimum Gasteiger partial charge on any atom is -0.386 e. The Balaban J connectivity index is 2.05. The molecule has 3 N–H and O–H groups in total. The van der Waals surface area contributed by atoms with E-state index in [1.54, 1.807) is 0 Å². The Morgan fingerprint density at radius 3 is 2.95 bits per heavy atom. The summed E-state index contributed by atoms with van der Waals surface area (Å²) < 4.78 is 0. The zero-order valence-corrected chi connectivity index (χ0v) is 11.0. The van der Waals surface area contributed by atoms with Crippen LogP contribution in [0.5, 0.6) is 0 Å². The largest absolute Gasteiger partial charge is 0.386 e.